The van der Waals surface area contributed by atoms with Gasteiger partial charge in [-0.05, 0) is 37.1 Å². The maximum Gasteiger partial charge on any atom is 0.271 e. The Morgan fingerprint density at radius 3 is 2.47 bits per heavy atom. The van der Waals surface area contributed by atoms with Gasteiger partial charge in [0.15, 0.2) is 4.32 Å². The smallest absolute Gasteiger partial charge is 0.271 e. The van der Waals surface area contributed by atoms with Gasteiger partial charge in [0.05, 0.1) is 41.7 Å². The third kappa shape index (κ3) is 3.47. The van der Waals surface area contributed by atoms with Crippen molar-refractivity contribution >= 4 is 57.1 Å². The van der Waals surface area contributed by atoms with Crippen molar-refractivity contribution < 1.29 is 14.3 Å². The van der Waals surface area contributed by atoms with E-state index < -0.39 is 0 Å². The fraction of sp³-hybridized carbons (Fsp3) is 0.292. The van der Waals surface area contributed by atoms with Crippen molar-refractivity contribution in [3.8, 4) is 0 Å². The first-order valence-electron chi connectivity index (χ1n) is 10.6. The Kier molecular flexibility index (Phi) is 5.63. The highest BCUT2D eigenvalue weighted by molar-refractivity contribution is 8.27. The van der Waals surface area contributed by atoms with Gasteiger partial charge in [-0.1, -0.05) is 54.3 Å². The zero-order valence-corrected chi connectivity index (χ0v) is 19.6. The van der Waals surface area contributed by atoms with Gasteiger partial charge in [-0.3, -0.25) is 24.3 Å². The minimum absolute atomic E-state index is 0.154. The number of carbonyl (C=O) groups excluding carboxylic acids is 2. The molecule has 0 radical (unpaired) electrons. The summed E-state index contributed by atoms with van der Waals surface area (Å²) in [5.74, 6) is -0.390. The molecule has 5 rings (SSSR count). The molecule has 2 aromatic carbocycles. The van der Waals surface area contributed by atoms with Gasteiger partial charge in [0, 0.05) is 18.7 Å². The number of nitrogens with zero attached hydrogens (tertiary/aromatic N) is 3. The number of hydrogen-bond acceptors (Lipinski definition) is 6. The molecule has 32 heavy (non-hydrogen) atoms. The summed E-state index contributed by atoms with van der Waals surface area (Å²) < 4.78 is 5.89. The van der Waals surface area contributed by atoms with E-state index in [1.54, 1.807) is 9.80 Å². The van der Waals surface area contributed by atoms with E-state index >= 15 is 0 Å². The van der Waals surface area contributed by atoms with E-state index in [0.29, 0.717) is 34.7 Å². The van der Waals surface area contributed by atoms with E-state index in [4.69, 9.17) is 17.0 Å². The first kappa shape index (κ1) is 21.3. The number of aryl methyl sites for hydroxylation is 1. The number of thioether (sulfide) groups is 1. The standard InChI is InChI=1S/C24H23N3O3S2/c1-15-6-5-9-18(16(15)2)27-23(29)21(32-24(27)31)20-17-7-3-4-8-19(17)26(22(20)28)14-25-10-12-30-13-11-25/h3-9H,10-14H2,1-2H3. The Hall–Kier alpha value is -2.52. The molecule has 0 spiro atoms. The molecule has 164 valence electrons. The van der Waals surface area contributed by atoms with Gasteiger partial charge >= 0.3 is 0 Å². The Morgan fingerprint density at radius 2 is 1.69 bits per heavy atom. The number of morpholine rings is 1. The Bertz CT molecular complexity index is 1170. The lowest BCUT2D eigenvalue weighted by atomic mass is 10.1. The van der Waals surface area contributed by atoms with E-state index in [1.165, 1.54) is 11.8 Å². The van der Waals surface area contributed by atoms with Crippen LogP contribution in [0.5, 0.6) is 0 Å². The summed E-state index contributed by atoms with van der Waals surface area (Å²) in [6.45, 7) is 7.33. The lowest BCUT2D eigenvalue weighted by molar-refractivity contribution is -0.115. The van der Waals surface area contributed by atoms with Gasteiger partial charge in [-0.25, -0.2) is 0 Å². The van der Waals surface area contributed by atoms with Crippen LogP contribution >= 0.6 is 24.0 Å². The second-order valence-electron chi connectivity index (χ2n) is 8.05. The lowest BCUT2D eigenvalue weighted by Crippen LogP contribution is -2.45. The quantitative estimate of drug-likeness (QED) is 0.509. The van der Waals surface area contributed by atoms with Gasteiger partial charge in [0.25, 0.3) is 11.8 Å². The maximum absolute atomic E-state index is 13.6. The van der Waals surface area contributed by atoms with Crippen LogP contribution in [0.4, 0.5) is 11.4 Å². The summed E-state index contributed by atoms with van der Waals surface area (Å²) in [4.78, 5) is 33.1. The van der Waals surface area contributed by atoms with Crippen molar-refractivity contribution in [2.24, 2.45) is 0 Å². The second-order valence-corrected chi connectivity index (χ2v) is 9.70. The second kappa shape index (κ2) is 8.44. The monoisotopic (exact) mass is 465 g/mol. The number of anilines is 2. The van der Waals surface area contributed by atoms with Crippen molar-refractivity contribution in [1.29, 1.82) is 0 Å². The van der Waals surface area contributed by atoms with Crippen LogP contribution in [0, 0.1) is 13.8 Å². The lowest BCUT2D eigenvalue weighted by Gasteiger charge is -2.30. The molecule has 0 N–H and O–H groups in total. The summed E-state index contributed by atoms with van der Waals surface area (Å²) in [5.41, 5.74) is 4.92. The van der Waals surface area contributed by atoms with Crippen LogP contribution in [-0.2, 0) is 14.3 Å². The molecule has 3 aliphatic rings. The number of benzene rings is 2. The van der Waals surface area contributed by atoms with Crippen molar-refractivity contribution in [2.75, 3.05) is 42.8 Å². The molecule has 2 amide bonds. The third-order valence-corrected chi connectivity index (χ3v) is 7.55. The normalized spacial score (nSPS) is 21.6. The number of amides is 2. The van der Waals surface area contributed by atoms with Crippen molar-refractivity contribution in [1.82, 2.24) is 4.90 Å². The highest BCUT2D eigenvalue weighted by Crippen LogP contribution is 2.46. The molecule has 8 heteroatoms. The third-order valence-electron chi connectivity index (χ3n) is 6.18. The Balaban J connectivity index is 1.55. The SMILES string of the molecule is Cc1cccc(N2C(=O)C(=C3C(=O)N(CN4CCOCC4)c4ccccc43)SC2=S)c1C. The van der Waals surface area contributed by atoms with Gasteiger partial charge in [0.2, 0.25) is 0 Å². The molecule has 3 heterocycles. The Morgan fingerprint density at radius 1 is 0.969 bits per heavy atom. The van der Waals surface area contributed by atoms with Gasteiger partial charge in [-0.15, -0.1) is 0 Å². The summed E-state index contributed by atoms with van der Waals surface area (Å²) in [6, 6.07) is 13.5. The highest BCUT2D eigenvalue weighted by atomic mass is 32.2. The molecule has 0 aliphatic carbocycles. The molecular weight excluding hydrogens is 442 g/mol. The van der Waals surface area contributed by atoms with Crippen LogP contribution in [0.25, 0.3) is 5.57 Å². The number of carbonyl (C=O) groups is 2. The molecule has 0 aromatic heterocycles. The number of hydrogen-bond donors (Lipinski definition) is 0. The predicted octanol–water partition coefficient (Wildman–Crippen LogP) is 3.72. The van der Waals surface area contributed by atoms with Crippen molar-refractivity contribution in [3.63, 3.8) is 0 Å². The summed E-state index contributed by atoms with van der Waals surface area (Å²) in [5, 5.41) is 0. The molecule has 2 saturated heterocycles. The molecule has 2 fully saturated rings. The van der Waals surface area contributed by atoms with E-state index in [2.05, 4.69) is 4.90 Å². The fourth-order valence-electron chi connectivity index (χ4n) is 4.29. The molecular formula is C24H23N3O3S2. The topological polar surface area (TPSA) is 53.1 Å². The number of ether oxygens (including phenoxy) is 1. The number of rotatable bonds is 3. The van der Waals surface area contributed by atoms with Crippen LogP contribution in [0.1, 0.15) is 16.7 Å². The molecule has 0 unspecified atom stereocenters. The average molecular weight is 466 g/mol. The summed E-state index contributed by atoms with van der Waals surface area (Å²) >= 11 is 6.81. The van der Waals surface area contributed by atoms with Gasteiger partial charge < -0.3 is 4.74 Å². The summed E-state index contributed by atoms with van der Waals surface area (Å²) in [7, 11) is 0. The van der Waals surface area contributed by atoms with Crippen molar-refractivity contribution in [2.45, 2.75) is 13.8 Å². The zero-order valence-electron chi connectivity index (χ0n) is 18.0. The molecule has 0 bridgehead atoms. The predicted molar refractivity (Wildman–Crippen MR) is 132 cm³/mol. The van der Waals surface area contributed by atoms with E-state index in [-0.39, 0.29) is 11.8 Å². The fourth-order valence-corrected chi connectivity index (χ4v) is 5.64. The zero-order chi connectivity index (χ0) is 22.4. The molecule has 2 aromatic rings. The molecule has 6 nitrogen and oxygen atoms in total. The van der Waals surface area contributed by atoms with Gasteiger partial charge in [-0.2, -0.15) is 0 Å². The Labute approximate surface area is 196 Å². The number of fused-ring (bicyclic) bond motifs is 1. The van der Waals surface area contributed by atoms with E-state index in [1.807, 2.05) is 56.3 Å². The molecule has 3 aliphatic heterocycles. The molecule has 0 saturated carbocycles. The van der Waals surface area contributed by atoms with Crippen LogP contribution in [0.3, 0.4) is 0 Å². The minimum Gasteiger partial charge on any atom is -0.379 e. The minimum atomic E-state index is -0.236. The number of para-hydroxylation sites is 1. The van der Waals surface area contributed by atoms with Crippen LogP contribution < -0.4 is 9.80 Å². The average Bonchev–Trinajstić information content (AvgIpc) is 3.23. The highest BCUT2D eigenvalue weighted by Gasteiger charge is 2.43. The van der Waals surface area contributed by atoms with E-state index in [0.717, 1.165) is 41.2 Å². The van der Waals surface area contributed by atoms with Crippen LogP contribution in [0.2, 0.25) is 0 Å². The molecule has 0 atom stereocenters. The first-order chi connectivity index (χ1) is 15.5. The first-order valence-corrected chi connectivity index (χ1v) is 11.8. The van der Waals surface area contributed by atoms with E-state index in [9.17, 15) is 9.59 Å². The van der Waals surface area contributed by atoms with Crippen LogP contribution in [0.15, 0.2) is 47.4 Å². The summed E-state index contributed by atoms with van der Waals surface area (Å²) in [6.07, 6.45) is 0. The largest absolute Gasteiger partial charge is 0.379 e. The van der Waals surface area contributed by atoms with Crippen LogP contribution in [-0.4, -0.2) is 54.0 Å². The maximum atomic E-state index is 13.6. The van der Waals surface area contributed by atoms with Gasteiger partial charge in [0.1, 0.15) is 0 Å². The van der Waals surface area contributed by atoms with Crippen molar-refractivity contribution in [3.05, 3.63) is 64.1 Å². The number of thiocarbonyl (C=S) groups is 1.